The fourth-order valence-electron chi connectivity index (χ4n) is 4.40. The summed E-state index contributed by atoms with van der Waals surface area (Å²) in [5.41, 5.74) is 0.648. The van der Waals surface area contributed by atoms with Crippen molar-refractivity contribution >= 4 is 35.2 Å². The van der Waals surface area contributed by atoms with Crippen LogP contribution in [0.3, 0.4) is 0 Å². The van der Waals surface area contributed by atoms with E-state index in [9.17, 15) is 27.6 Å². The molecule has 8 nitrogen and oxygen atoms in total. The minimum absolute atomic E-state index is 0.0223. The Morgan fingerprint density at radius 1 is 1.12 bits per heavy atom. The van der Waals surface area contributed by atoms with Crippen molar-refractivity contribution in [3.05, 3.63) is 58.6 Å². The molecule has 2 atom stereocenters. The number of carbonyl (C=O) groups is 3. The van der Waals surface area contributed by atoms with Gasteiger partial charge in [-0.1, -0.05) is 35.9 Å². The van der Waals surface area contributed by atoms with Gasteiger partial charge in [0.25, 0.3) is 0 Å². The number of nitrogens with zero attached hydrogens (tertiary/aromatic N) is 1. The van der Waals surface area contributed by atoms with Crippen LogP contribution < -0.4 is 20.3 Å². The van der Waals surface area contributed by atoms with Crippen LogP contribution in [-0.4, -0.2) is 48.0 Å². The van der Waals surface area contributed by atoms with E-state index in [1.807, 2.05) is 19.9 Å². The number of ether oxygens (including phenoxy) is 2. The van der Waals surface area contributed by atoms with E-state index in [-0.39, 0.29) is 30.4 Å². The highest BCUT2D eigenvalue weighted by atomic mass is 35.5. The van der Waals surface area contributed by atoms with Crippen LogP contribution in [0.1, 0.15) is 52.2 Å². The average Bonchev–Trinajstić information content (AvgIpc) is 2.93. The normalized spacial score (nSPS) is 16.6. The number of para-hydroxylation sites is 1. The molecular weight excluding hydrogens is 551 g/mol. The van der Waals surface area contributed by atoms with Gasteiger partial charge in [-0.3, -0.25) is 9.59 Å². The van der Waals surface area contributed by atoms with Crippen molar-refractivity contribution in [3.8, 4) is 5.75 Å². The molecule has 0 spiro atoms. The van der Waals surface area contributed by atoms with E-state index >= 15 is 0 Å². The number of aryl methyl sites for hydroxylation is 1. The van der Waals surface area contributed by atoms with Gasteiger partial charge in [-0.15, -0.1) is 13.2 Å². The van der Waals surface area contributed by atoms with Crippen molar-refractivity contribution < 1.29 is 37.0 Å². The molecule has 12 heteroatoms. The van der Waals surface area contributed by atoms with Crippen LogP contribution in [0.5, 0.6) is 5.75 Å². The number of rotatable bonds is 7. The number of carbonyl (C=O) groups excluding carboxylic acids is 3. The van der Waals surface area contributed by atoms with Crippen molar-refractivity contribution in [1.29, 1.82) is 0 Å². The third-order valence-electron chi connectivity index (χ3n) is 6.01. The SMILES string of the molecule is CC(C)N1C(=O)[C@H](NC(=O)[C@@H](Cc2ccccc2OC(F)(F)F)NC(=O)OC(C)(C)C)CCc2ccc(Cl)cc21. The van der Waals surface area contributed by atoms with E-state index in [1.54, 1.807) is 37.8 Å². The highest BCUT2D eigenvalue weighted by Gasteiger charge is 2.36. The zero-order valence-corrected chi connectivity index (χ0v) is 23.7. The molecule has 0 saturated carbocycles. The fourth-order valence-corrected chi connectivity index (χ4v) is 4.56. The van der Waals surface area contributed by atoms with Gasteiger partial charge in [0.1, 0.15) is 23.4 Å². The second-order valence-corrected chi connectivity index (χ2v) is 11.2. The molecule has 1 aliphatic heterocycles. The molecule has 218 valence electrons. The maximum atomic E-state index is 13.6. The number of nitrogens with one attached hydrogen (secondary N) is 2. The molecule has 1 aliphatic rings. The largest absolute Gasteiger partial charge is 0.573 e. The molecule has 3 rings (SSSR count). The van der Waals surface area contributed by atoms with Gasteiger partial charge in [0.05, 0.1) is 0 Å². The number of benzene rings is 2. The van der Waals surface area contributed by atoms with E-state index in [0.29, 0.717) is 17.1 Å². The number of hydrogen-bond donors (Lipinski definition) is 2. The summed E-state index contributed by atoms with van der Waals surface area (Å²) in [5.74, 6) is -1.65. The molecule has 2 aromatic carbocycles. The maximum absolute atomic E-state index is 13.6. The monoisotopic (exact) mass is 583 g/mol. The van der Waals surface area contributed by atoms with E-state index in [2.05, 4.69) is 15.4 Å². The molecular formula is C28H33ClF3N3O5. The first-order valence-electron chi connectivity index (χ1n) is 12.8. The predicted octanol–water partition coefficient (Wildman–Crippen LogP) is 5.55. The minimum atomic E-state index is -4.96. The van der Waals surface area contributed by atoms with Crippen molar-refractivity contribution in [2.24, 2.45) is 0 Å². The van der Waals surface area contributed by atoms with Crippen LogP contribution in [-0.2, 0) is 27.2 Å². The van der Waals surface area contributed by atoms with Crippen LogP contribution in [0.4, 0.5) is 23.7 Å². The first-order valence-corrected chi connectivity index (χ1v) is 13.2. The van der Waals surface area contributed by atoms with Crippen LogP contribution >= 0.6 is 11.6 Å². The Bertz CT molecular complexity index is 1250. The first kappa shape index (κ1) is 31.1. The summed E-state index contributed by atoms with van der Waals surface area (Å²) in [5, 5.41) is 5.60. The summed E-state index contributed by atoms with van der Waals surface area (Å²) in [6, 6.07) is 7.96. The lowest BCUT2D eigenvalue weighted by molar-refractivity contribution is -0.274. The maximum Gasteiger partial charge on any atom is 0.573 e. The second kappa shape index (κ2) is 12.4. The fraction of sp³-hybridized carbons (Fsp3) is 0.464. The summed E-state index contributed by atoms with van der Waals surface area (Å²) >= 11 is 6.19. The predicted molar refractivity (Wildman–Crippen MR) is 144 cm³/mol. The van der Waals surface area contributed by atoms with Crippen LogP contribution in [0.15, 0.2) is 42.5 Å². The number of anilines is 1. The van der Waals surface area contributed by atoms with Crippen LogP contribution in [0, 0.1) is 0 Å². The Balaban J connectivity index is 1.89. The Morgan fingerprint density at radius 2 is 1.80 bits per heavy atom. The van der Waals surface area contributed by atoms with E-state index in [0.717, 1.165) is 11.6 Å². The lowest BCUT2D eigenvalue weighted by Crippen LogP contribution is -2.56. The summed E-state index contributed by atoms with van der Waals surface area (Å²) < 4.78 is 48.4. The molecule has 0 saturated heterocycles. The smallest absolute Gasteiger partial charge is 0.444 e. The summed E-state index contributed by atoms with van der Waals surface area (Å²) in [6.45, 7) is 8.54. The molecule has 0 fully saturated rings. The van der Waals surface area contributed by atoms with Gasteiger partial charge in [0, 0.05) is 23.2 Å². The zero-order valence-electron chi connectivity index (χ0n) is 22.9. The Kier molecular flexibility index (Phi) is 9.60. The number of fused-ring (bicyclic) bond motifs is 1. The van der Waals surface area contributed by atoms with Gasteiger partial charge >= 0.3 is 12.5 Å². The molecule has 0 aliphatic carbocycles. The Labute approximate surface area is 236 Å². The molecule has 0 unspecified atom stereocenters. The lowest BCUT2D eigenvalue weighted by atomic mass is 10.0. The van der Waals surface area contributed by atoms with Crippen molar-refractivity contribution in [1.82, 2.24) is 10.6 Å². The molecule has 0 bridgehead atoms. The number of halogens is 4. The third-order valence-corrected chi connectivity index (χ3v) is 6.24. The standard InChI is InChI=1S/C28H33ClF3N3O5/c1-16(2)35-22-15-19(29)12-10-17(22)11-13-20(25(35)37)33-24(36)21(34-26(38)40-27(3,4)5)14-18-8-6-7-9-23(18)39-28(30,31)32/h6-10,12,15-16,20-21H,11,13-14H2,1-5H3,(H,33,36)(H,34,38)/t20-,21-/m1/s1. The van der Waals surface area contributed by atoms with Gasteiger partial charge in [0.2, 0.25) is 11.8 Å². The van der Waals surface area contributed by atoms with Crippen molar-refractivity contribution in [3.63, 3.8) is 0 Å². The summed E-state index contributed by atoms with van der Waals surface area (Å²) in [7, 11) is 0. The van der Waals surface area contributed by atoms with Gasteiger partial charge in [-0.25, -0.2) is 4.79 Å². The van der Waals surface area contributed by atoms with Crippen molar-refractivity contribution in [2.45, 2.75) is 84.0 Å². The second-order valence-electron chi connectivity index (χ2n) is 10.7. The topological polar surface area (TPSA) is 97.0 Å². The Hall–Kier alpha value is -3.47. The number of hydrogen-bond acceptors (Lipinski definition) is 5. The molecule has 2 N–H and O–H groups in total. The van der Waals surface area contributed by atoms with Gasteiger partial charge in [-0.2, -0.15) is 0 Å². The number of alkyl carbamates (subject to hydrolysis) is 1. The molecule has 40 heavy (non-hydrogen) atoms. The molecule has 0 radical (unpaired) electrons. The highest BCUT2D eigenvalue weighted by Crippen LogP contribution is 2.32. The quantitative estimate of drug-likeness (QED) is 0.446. The zero-order chi connectivity index (χ0) is 29.8. The van der Waals surface area contributed by atoms with E-state index in [4.69, 9.17) is 16.3 Å². The van der Waals surface area contributed by atoms with Crippen LogP contribution in [0.2, 0.25) is 5.02 Å². The van der Waals surface area contributed by atoms with E-state index < -0.39 is 41.8 Å². The molecule has 1 heterocycles. The highest BCUT2D eigenvalue weighted by molar-refractivity contribution is 6.31. The minimum Gasteiger partial charge on any atom is -0.444 e. The summed E-state index contributed by atoms with van der Waals surface area (Å²) in [4.78, 5) is 41.3. The lowest BCUT2D eigenvalue weighted by Gasteiger charge is -2.30. The van der Waals surface area contributed by atoms with Gasteiger partial charge < -0.3 is 25.0 Å². The van der Waals surface area contributed by atoms with Gasteiger partial charge in [-0.05, 0) is 76.8 Å². The molecule has 2 aromatic rings. The summed E-state index contributed by atoms with van der Waals surface area (Å²) in [6.07, 6.45) is -5.55. The number of amides is 3. The Morgan fingerprint density at radius 3 is 2.42 bits per heavy atom. The number of alkyl halides is 3. The average molecular weight is 584 g/mol. The van der Waals surface area contributed by atoms with Gasteiger partial charge in [0.15, 0.2) is 0 Å². The van der Waals surface area contributed by atoms with Crippen LogP contribution in [0.25, 0.3) is 0 Å². The van der Waals surface area contributed by atoms with E-state index in [1.165, 1.54) is 18.2 Å². The first-order chi connectivity index (χ1) is 18.5. The molecule has 0 aromatic heterocycles. The molecule has 3 amide bonds. The third kappa shape index (κ3) is 8.51. The van der Waals surface area contributed by atoms with Crippen molar-refractivity contribution in [2.75, 3.05) is 4.90 Å².